The first kappa shape index (κ1) is 16.2. The standard InChI is InChI=1S/C11H23ClN2O3S/c1-2-17-10-11-18(15,16)14-6-3-5-13(7-4-12)8-9-14/h2-11H2,1H3. The molecular weight excluding hydrogens is 276 g/mol. The lowest BCUT2D eigenvalue weighted by Gasteiger charge is -2.21. The van der Waals surface area contributed by atoms with Crippen molar-refractivity contribution in [3.63, 3.8) is 0 Å². The van der Waals surface area contributed by atoms with Gasteiger partial charge in [0.1, 0.15) is 0 Å². The normalized spacial score (nSPS) is 19.9. The summed E-state index contributed by atoms with van der Waals surface area (Å²) in [5, 5.41) is 0. The van der Waals surface area contributed by atoms with Crippen LogP contribution in [0.2, 0.25) is 0 Å². The molecule has 0 spiro atoms. The Morgan fingerprint density at radius 2 is 2.00 bits per heavy atom. The molecule has 0 aromatic heterocycles. The fourth-order valence-corrected chi connectivity index (χ4v) is 3.60. The van der Waals surface area contributed by atoms with Crippen molar-refractivity contribution in [2.45, 2.75) is 13.3 Å². The predicted molar refractivity (Wildman–Crippen MR) is 73.6 cm³/mol. The van der Waals surface area contributed by atoms with Crippen LogP contribution in [0.4, 0.5) is 0 Å². The maximum atomic E-state index is 12.1. The molecule has 1 saturated heterocycles. The highest BCUT2D eigenvalue weighted by molar-refractivity contribution is 7.89. The average molecular weight is 299 g/mol. The van der Waals surface area contributed by atoms with Crippen LogP contribution in [0, 0.1) is 0 Å². The minimum absolute atomic E-state index is 0.0797. The number of rotatable bonds is 7. The van der Waals surface area contributed by atoms with Gasteiger partial charge >= 0.3 is 0 Å². The summed E-state index contributed by atoms with van der Waals surface area (Å²) in [5.41, 5.74) is 0. The van der Waals surface area contributed by atoms with Gasteiger partial charge in [-0.15, -0.1) is 11.6 Å². The van der Waals surface area contributed by atoms with Gasteiger partial charge in [-0.3, -0.25) is 0 Å². The van der Waals surface area contributed by atoms with E-state index in [0.717, 1.165) is 26.1 Å². The molecule has 108 valence electrons. The number of alkyl halides is 1. The molecule has 0 atom stereocenters. The SMILES string of the molecule is CCOCCS(=O)(=O)N1CCCN(CCCl)CC1. The van der Waals surface area contributed by atoms with Gasteiger partial charge in [-0.1, -0.05) is 0 Å². The van der Waals surface area contributed by atoms with Gasteiger partial charge in [0, 0.05) is 38.7 Å². The lowest BCUT2D eigenvalue weighted by atomic mass is 10.4. The molecule has 0 N–H and O–H groups in total. The molecule has 1 fully saturated rings. The van der Waals surface area contributed by atoms with E-state index in [4.69, 9.17) is 16.3 Å². The van der Waals surface area contributed by atoms with E-state index in [1.807, 2.05) is 6.92 Å². The monoisotopic (exact) mass is 298 g/mol. The van der Waals surface area contributed by atoms with Crippen LogP contribution in [0.3, 0.4) is 0 Å². The third kappa shape index (κ3) is 5.40. The molecule has 0 aromatic rings. The third-order valence-electron chi connectivity index (χ3n) is 3.03. The lowest BCUT2D eigenvalue weighted by Crippen LogP contribution is -2.37. The molecular formula is C11H23ClN2O3S. The molecule has 0 saturated carbocycles. The number of hydrogen-bond donors (Lipinski definition) is 0. The Morgan fingerprint density at radius 1 is 1.22 bits per heavy atom. The molecule has 0 amide bonds. The number of ether oxygens (including phenoxy) is 1. The highest BCUT2D eigenvalue weighted by Gasteiger charge is 2.24. The van der Waals surface area contributed by atoms with E-state index in [1.54, 1.807) is 4.31 Å². The Hall–Kier alpha value is 0.120. The molecule has 1 heterocycles. The van der Waals surface area contributed by atoms with Crippen LogP contribution in [0.1, 0.15) is 13.3 Å². The van der Waals surface area contributed by atoms with E-state index in [0.29, 0.717) is 25.6 Å². The molecule has 0 radical (unpaired) electrons. The predicted octanol–water partition coefficient (Wildman–Crippen LogP) is 0.599. The summed E-state index contributed by atoms with van der Waals surface area (Å²) >= 11 is 5.71. The van der Waals surface area contributed by atoms with E-state index in [2.05, 4.69) is 4.90 Å². The summed E-state index contributed by atoms with van der Waals surface area (Å²) in [7, 11) is -3.17. The van der Waals surface area contributed by atoms with E-state index in [-0.39, 0.29) is 12.4 Å². The van der Waals surface area contributed by atoms with Gasteiger partial charge in [-0.25, -0.2) is 12.7 Å². The van der Waals surface area contributed by atoms with Crippen LogP contribution in [0.15, 0.2) is 0 Å². The first-order valence-corrected chi connectivity index (χ1v) is 8.58. The second kappa shape index (κ2) is 8.32. The zero-order chi connectivity index (χ0) is 13.4. The first-order chi connectivity index (χ1) is 8.60. The number of sulfonamides is 1. The van der Waals surface area contributed by atoms with Crippen LogP contribution >= 0.6 is 11.6 Å². The molecule has 18 heavy (non-hydrogen) atoms. The van der Waals surface area contributed by atoms with E-state index >= 15 is 0 Å². The van der Waals surface area contributed by atoms with Gasteiger partial charge in [-0.2, -0.15) is 0 Å². The highest BCUT2D eigenvalue weighted by atomic mass is 35.5. The molecule has 0 aliphatic carbocycles. The van der Waals surface area contributed by atoms with Gasteiger partial charge < -0.3 is 9.64 Å². The third-order valence-corrected chi connectivity index (χ3v) is 5.03. The number of hydrogen-bond acceptors (Lipinski definition) is 4. The van der Waals surface area contributed by atoms with Crippen LogP contribution in [0.5, 0.6) is 0 Å². The molecule has 1 rings (SSSR count). The van der Waals surface area contributed by atoms with E-state index in [9.17, 15) is 8.42 Å². The van der Waals surface area contributed by atoms with Crippen molar-refractivity contribution in [1.29, 1.82) is 0 Å². The summed E-state index contributed by atoms with van der Waals surface area (Å²) in [6.45, 7) is 6.38. The maximum Gasteiger partial charge on any atom is 0.216 e. The molecule has 1 aliphatic heterocycles. The van der Waals surface area contributed by atoms with Gasteiger partial charge in [0.05, 0.1) is 12.4 Å². The molecule has 1 aliphatic rings. The van der Waals surface area contributed by atoms with Gasteiger partial charge in [0.15, 0.2) is 0 Å². The van der Waals surface area contributed by atoms with Crippen LogP contribution in [0.25, 0.3) is 0 Å². The fourth-order valence-electron chi connectivity index (χ4n) is 2.01. The van der Waals surface area contributed by atoms with E-state index < -0.39 is 10.0 Å². The van der Waals surface area contributed by atoms with Crippen molar-refractivity contribution < 1.29 is 13.2 Å². The van der Waals surface area contributed by atoms with Gasteiger partial charge in [-0.05, 0) is 19.9 Å². The zero-order valence-electron chi connectivity index (χ0n) is 11.0. The molecule has 0 unspecified atom stereocenters. The summed E-state index contributed by atoms with van der Waals surface area (Å²) in [4.78, 5) is 2.21. The summed E-state index contributed by atoms with van der Waals surface area (Å²) < 4.78 is 30.9. The molecule has 0 bridgehead atoms. The largest absolute Gasteiger partial charge is 0.381 e. The second-order valence-electron chi connectivity index (χ2n) is 4.30. The second-order valence-corrected chi connectivity index (χ2v) is 6.76. The molecule has 5 nitrogen and oxygen atoms in total. The van der Waals surface area contributed by atoms with Gasteiger partial charge in [0.25, 0.3) is 0 Å². The quantitative estimate of drug-likeness (QED) is 0.510. The van der Waals surface area contributed by atoms with Gasteiger partial charge in [0.2, 0.25) is 10.0 Å². The van der Waals surface area contributed by atoms with Crippen molar-refractivity contribution in [1.82, 2.24) is 9.21 Å². The smallest absolute Gasteiger partial charge is 0.216 e. The van der Waals surface area contributed by atoms with Crippen molar-refractivity contribution in [2.24, 2.45) is 0 Å². The Labute approximate surface area is 115 Å². The minimum Gasteiger partial charge on any atom is -0.381 e. The number of halogens is 1. The van der Waals surface area contributed by atoms with Crippen LogP contribution < -0.4 is 0 Å². The number of nitrogens with zero attached hydrogens (tertiary/aromatic N) is 2. The lowest BCUT2D eigenvalue weighted by molar-refractivity contribution is 0.162. The summed E-state index contributed by atoms with van der Waals surface area (Å²) in [6.07, 6.45) is 0.866. The van der Waals surface area contributed by atoms with E-state index in [1.165, 1.54) is 0 Å². The van der Waals surface area contributed by atoms with Crippen molar-refractivity contribution in [2.75, 3.05) is 57.6 Å². The van der Waals surface area contributed by atoms with Crippen molar-refractivity contribution in [3.05, 3.63) is 0 Å². The molecule has 0 aromatic carbocycles. The summed E-state index contributed by atoms with van der Waals surface area (Å²) in [5.74, 6) is 0.674. The van der Waals surface area contributed by atoms with Crippen molar-refractivity contribution >= 4 is 21.6 Å². The summed E-state index contributed by atoms with van der Waals surface area (Å²) in [6, 6.07) is 0. The van der Waals surface area contributed by atoms with Crippen LogP contribution in [-0.4, -0.2) is 75.2 Å². The Balaban J connectivity index is 2.45. The minimum atomic E-state index is -3.17. The Morgan fingerprint density at radius 3 is 2.67 bits per heavy atom. The fraction of sp³-hybridized carbons (Fsp3) is 1.00. The topological polar surface area (TPSA) is 49.9 Å². The Bertz CT molecular complexity index is 324. The van der Waals surface area contributed by atoms with Crippen LogP contribution in [-0.2, 0) is 14.8 Å². The zero-order valence-corrected chi connectivity index (χ0v) is 12.5. The molecule has 7 heteroatoms. The maximum absolute atomic E-state index is 12.1. The average Bonchev–Trinajstić information content (AvgIpc) is 2.56. The first-order valence-electron chi connectivity index (χ1n) is 6.44. The Kier molecular flexibility index (Phi) is 7.48. The van der Waals surface area contributed by atoms with Crippen molar-refractivity contribution in [3.8, 4) is 0 Å². The highest BCUT2D eigenvalue weighted by Crippen LogP contribution is 2.09.